The molecular weight excluding hydrogens is 438 g/mol. The molecule has 34 heavy (non-hydrogen) atoms. The Hall–Kier alpha value is -4.50. The number of esters is 2. The highest BCUT2D eigenvalue weighted by atomic mass is 16.7. The van der Waals surface area contributed by atoms with E-state index in [2.05, 4.69) is 5.32 Å². The van der Waals surface area contributed by atoms with Crippen LogP contribution in [0.3, 0.4) is 0 Å². The summed E-state index contributed by atoms with van der Waals surface area (Å²) in [6, 6.07) is 17.7. The molecule has 9 heteroatoms. The van der Waals surface area contributed by atoms with Crippen LogP contribution in [0.5, 0.6) is 5.75 Å². The molecular formula is C25H23N3O6. The maximum Gasteiger partial charge on any atom is 0.340 e. The largest absolute Gasteiger partial charge is 0.435 e. The van der Waals surface area contributed by atoms with Crippen LogP contribution in [0.1, 0.15) is 33.2 Å². The van der Waals surface area contributed by atoms with Gasteiger partial charge in [0.1, 0.15) is 11.6 Å². The number of methoxy groups -OCH3 is 1. The van der Waals surface area contributed by atoms with E-state index in [-0.39, 0.29) is 29.5 Å². The predicted octanol–water partition coefficient (Wildman–Crippen LogP) is 3.58. The number of nitrogen functional groups attached to an aromatic ring is 1. The zero-order valence-electron chi connectivity index (χ0n) is 18.6. The second-order valence-electron chi connectivity index (χ2n) is 7.13. The molecule has 9 nitrogen and oxygen atoms in total. The van der Waals surface area contributed by atoms with Crippen molar-refractivity contribution in [1.82, 2.24) is 0 Å². The Kier molecular flexibility index (Phi) is 7.73. The number of carbonyl (C=O) groups excluding carboxylic acids is 3. The summed E-state index contributed by atoms with van der Waals surface area (Å²) in [5.41, 5.74) is 7.74. The number of ether oxygens (including phenoxy) is 3. The molecule has 1 amide bonds. The lowest BCUT2D eigenvalue weighted by Crippen LogP contribution is -2.16. The fourth-order valence-electron chi connectivity index (χ4n) is 3.19. The molecule has 4 N–H and O–H groups in total. The molecule has 0 saturated heterocycles. The molecule has 0 radical (unpaired) electrons. The average molecular weight is 461 g/mol. The van der Waals surface area contributed by atoms with Crippen molar-refractivity contribution in [3.63, 3.8) is 0 Å². The number of amides is 1. The number of benzene rings is 3. The van der Waals surface area contributed by atoms with E-state index >= 15 is 0 Å². The highest BCUT2D eigenvalue weighted by molar-refractivity contribution is 6.11. The van der Waals surface area contributed by atoms with E-state index in [0.717, 1.165) is 0 Å². The number of anilines is 1. The third-order valence-electron chi connectivity index (χ3n) is 4.70. The lowest BCUT2D eigenvalue weighted by atomic mass is 9.94. The number of rotatable bonds is 8. The summed E-state index contributed by atoms with van der Waals surface area (Å²) in [4.78, 5) is 37.3. The Balaban J connectivity index is 2.04. The number of nitrogens with two attached hydrogens (primary N) is 1. The van der Waals surface area contributed by atoms with Crippen molar-refractivity contribution < 1.29 is 28.6 Å². The summed E-state index contributed by atoms with van der Waals surface area (Å²) in [7, 11) is 1.40. The molecule has 0 bridgehead atoms. The van der Waals surface area contributed by atoms with Crippen molar-refractivity contribution >= 4 is 29.4 Å². The molecule has 3 aromatic carbocycles. The number of hydrogen-bond acceptors (Lipinski definition) is 7. The van der Waals surface area contributed by atoms with Crippen LogP contribution in [0, 0.1) is 5.41 Å². The van der Waals surface area contributed by atoms with E-state index in [9.17, 15) is 14.4 Å². The molecule has 174 valence electrons. The molecule has 3 rings (SSSR count). The van der Waals surface area contributed by atoms with Crippen molar-refractivity contribution in [2.45, 2.75) is 6.92 Å². The van der Waals surface area contributed by atoms with E-state index in [1.165, 1.54) is 26.2 Å². The van der Waals surface area contributed by atoms with Crippen LogP contribution in [0.2, 0.25) is 0 Å². The molecule has 0 fully saturated rings. The van der Waals surface area contributed by atoms with Gasteiger partial charge in [-0.15, -0.1) is 0 Å². The normalized spacial score (nSPS) is 10.3. The number of carbonyl (C=O) groups is 3. The fourth-order valence-corrected chi connectivity index (χ4v) is 3.19. The van der Waals surface area contributed by atoms with Crippen LogP contribution in [0.25, 0.3) is 11.1 Å². The van der Waals surface area contributed by atoms with Crippen LogP contribution in [-0.2, 0) is 14.3 Å². The van der Waals surface area contributed by atoms with Crippen molar-refractivity contribution in [1.29, 1.82) is 5.41 Å². The summed E-state index contributed by atoms with van der Waals surface area (Å²) in [5, 5.41) is 10.3. The molecule has 0 aromatic heterocycles. The molecule has 0 spiro atoms. The number of nitrogens with one attached hydrogen (secondary N) is 2. The second-order valence-corrected chi connectivity index (χ2v) is 7.13. The maximum atomic E-state index is 13.3. The van der Waals surface area contributed by atoms with Crippen LogP contribution in [0.15, 0.2) is 66.7 Å². The first-order valence-corrected chi connectivity index (χ1v) is 10.1. The van der Waals surface area contributed by atoms with Crippen LogP contribution in [0.4, 0.5) is 5.69 Å². The van der Waals surface area contributed by atoms with Gasteiger partial charge in [-0.05, 0) is 59.7 Å². The Bertz CT molecular complexity index is 1240. The van der Waals surface area contributed by atoms with Gasteiger partial charge in [0, 0.05) is 25.3 Å². The fraction of sp³-hybridized carbons (Fsp3) is 0.120. The van der Waals surface area contributed by atoms with Gasteiger partial charge >= 0.3 is 11.9 Å². The molecule has 0 heterocycles. The van der Waals surface area contributed by atoms with E-state index in [4.69, 9.17) is 25.4 Å². The lowest BCUT2D eigenvalue weighted by Gasteiger charge is -2.15. The van der Waals surface area contributed by atoms with Gasteiger partial charge in [-0.3, -0.25) is 15.0 Å². The Morgan fingerprint density at radius 3 is 2.26 bits per heavy atom. The Morgan fingerprint density at radius 1 is 0.941 bits per heavy atom. The molecule has 0 unspecified atom stereocenters. The van der Waals surface area contributed by atoms with Gasteiger partial charge < -0.3 is 25.3 Å². The first kappa shape index (κ1) is 24.1. The summed E-state index contributed by atoms with van der Waals surface area (Å²) < 4.78 is 15.0. The van der Waals surface area contributed by atoms with Crippen LogP contribution >= 0.6 is 0 Å². The van der Waals surface area contributed by atoms with E-state index in [0.29, 0.717) is 22.4 Å². The quantitative estimate of drug-likeness (QED) is 0.153. The van der Waals surface area contributed by atoms with Gasteiger partial charge in [-0.25, -0.2) is 4.79 Å². The lowest BCUT2D eigenvalue weighted by molar-refractivity contribution is -0.131. The van der Waals surface area contributed by atoms with Gasteiger partial charge in [-0.1, -0.05) is 18.2 Å². The van der Waals surface area contributed by atoms with E-state index in [1.807, 2.05) is 0 Å². The summed E-state index contributed by atoms with van der Waals surface area (Å²) in [6.07, 6.45) is 0. The van der Waals surface area contributed by atoms with Gasteiger partial charge in [0.25, 0.3) is 5.91 Å². The molecule has 3 aromatic rings. The van der Waals surface area contributed by atoms with E-state index in [1.54, 1.807) is 54.6 Å². The van der Waals surface area contributed by atoms with Crippen molar-refractivity contribution in [2.75, 3.05) is 19.2 Å². The topological polar surface area (TPSA) is 141 Å². The standard InChI is InChI=1S/C25H23N3O6/c1-15(29)34-18-11-12-20(19-5-3-4-6-21(19)25(31)33-14-32-2)22(13-18)24(30)28-17-9-7-16(8-10-17)23(26)27/h3-13H,14H2,1-2H3,(H3,26,27)(H,28,30). The summed E-state index contributed by atoms with van der Waals surface area (Å²) >= 11 is 0. The molecule has 0 saturated carbocycles. The van der Waals surface area contributed by atoms with Crippen LogP contribution < -0.4 is 15.8 Å². The van der Waals surface area contributed by atoms with Crippen molar-refractivity contribution in [2.24, 2.45) is 5.73 Å². The third-order valence-corrected chi connectivity index (χ3v) is 4.70. The zero-order chi connectivity index (χ0) is 24.7. The highest BCUT2D eigenvalue weighted by Gasteiger charge is 2.20. The van der Waals surface area contributed by atoms with Crippen molar-refractivity contribution in [3.8, 4) is 16.9 Å². The first-order valence-electron chi connectivity index (χ1n) is 10.1. The smallest absolute Gasteiger partial charge is 0.340 e. The van der Waals surface area contributed by atoms with Gasteiger partial charge in [0.05, 0.1) is 11.1 Å². The predicted molar refractivity (Wildman–Crippen MR) is 126 cm³/mol. The van der Waals surface area contributed by atoms with Gasteiger partial charge in [0.2, 0.25) is 0 Å². The number of hydrogen-bond donors (Lipinski definition) is 3. The average Bonchev–Trinajstić information content (AvgIpc) is 2.82. The maximum absolute atomic E-state index is 13.3. The Morgan fingerprint density at radius 2 is 1.62 bits per heavy atom. The first-order chi connectivity index (χ1) is 16.3. The highest BCUT2D eigenvalue weighted by Crippen LogP contribution is 2.31. The molecule has 0 aliphatic rings. The van der Waals surface area contributed by atoms with Gasteiger partial charge in [0.15, 0.2) is 6.79 Å². The summed E-state index contributed by atoms with van der Waals surface area (Å²) in [5.74, 6) is -1.58. The minimum atomic E-state index is -0.618. The minimum Gasteiger partial charge on any atom is -0.435 e. The Labute approximate surface area is 196 Å². The van der Waals surface area contributed by atoms with Gasteiger partial charge in [-0.2, -0.15) is 0 Å². The molecule has 0 aliphatic heterocycles. The van der Waals surface area contributed by atoms with Crippen LogP contribution in [-0.4, -0.2) is 37.6 Å². The zero-order valence-corrected chi connectivity index (χ0v) is 18.6. The molecule has 0 aliphatic carbocycles. The second kappa shape index (κ2) is 10.9. The number of amidine groups is 1. The summed E-state index contributed by atoms with van der Waals surface area (Å²) in [6.45, 7) is 1.04. The third kappa shape index (κ3) is 5.84. The monoisotopic (exact) mass is 461 g/mol. The SMILES string of the molecule is COCOC(=O)c1ccccc1-c1ccc(OC(C)=O)cc1C(=O)Nc1ccc(C(=N)N)cc1. The molecule has 0 atom stereocenters. The van der Waals surface area contributed by atoms with E-state index < -0.39 is 17.8 Å². The van der Waals surface area contributed by atoms with Crippen molar-refractivity contribution in [3.05, 3.63) is 83.4 Å². The minimum absolute atomic E-state index is 0.0915.